The average Bonchev–Trinajstić information content (AvgIpc) is 2.61. The lowest BCUT2D eigenvalue weighted by molar-refractivity contribution is -0.115. The maximum Gasteiger partial charge on any atom is 0.231 e. The zero-order valence-electron chi connectivity index (χ0n) is 15.6. The van der Waals surface area contributed by atoms with Crippen LogP contribution in [0.1, 0.15) is 31.5 Å². The Balaban J connectivity index is 1.78. The van der Waals surface area contributed by atoms with E-state index in [0.717, 1.165) is 29.8 Å². The van der Waals surface area contributed by atoms with Gasteiger partial charge in [0.2, 0.25) is 17.8 Å². The highest BCUT2D eigenvalue weighted by molar-refractivity contribution is 6.35. The van der Waals surface area contributed by atoms with Gasteiger partial charge in [-0.3, -0.25) is 14.9 Å². The third kappa shape index (κ3) is 5.11. The van der Waals surface area contributed by atoms with Crippen LogP contribution < -0.4 is 16.0 Å². The van der Waals surface area contributed by atoms with Crippen LogP contribution in [0.25, 0.3) is 0 Å². The number of rotatable bonds is 5. The monoisotopic (exact) mass is 421 g/mol. The molecule has 1 aromatic carbocycles. The number of nitrogens with zero attached hydrogens (tertiary/aromatic N) is 2. The van der Waals surface area contributed by atoms with Crippen LogP contribution in [0.15, 0.2) is 18.2 Å². The molecule has 1 atom stereocenters. The number of carbonyl (C=O) groups excluding carboxylic acids is 2. The fourth-order valence-corrected chi connectivity index (χ4v) is 3.58. The molecule has 2 amide bonds. The molecule has 1 aliphatic rings. The SMILES string of the molecule is CC(=O)Nc1nc2c(c(NC(C)=O)n1)CC(CNc1cc(Cl)ccc1Cl)CC2. The maximum atomic E-state index is 11.6. The smallest absolute Gasteiger partial charge is 0.231 e. The van der Waals surface area contributed by atoms with E-state index in [0.29, 0.717) is 34.7 Å². The summed E-state index contributed by atoms with van der Waals surface area (Å²) in [4.78, 5) is 31.7. The first-order valence-corrected chi connectivity index (χ1v) is 9.71. The average molecular weight is 422 g/mol. The van der Waals surface area contributed by atoms with Crippen molar-refractivity contribution >= 4 is 52.5 Å². The molecule has 0 saturated heterocycles. The van der Waals surface area contributed by atoms with Gasteiger partial charge in [0.25, 0.3) is 0 Å². The molecule has 1 unspecified atom stereocenters. The Kier molecular flexibility index (Phi) is 6.36. The molecule has 0 bridgehead atoms. The van der Waals surface area contributed by atoms with Gasteiger partial charge in [0.15, 0.2) is 0 Å². The van der Waals surface area contributed by atoms with E-state index in [1.54, 1.807) is 18.2 Å². The number of aromatic nitrogens is 2. The Morgan fingerprint density at radius 1 is 1.14 bits per heavy atom. The molecule has 28 heavy (non-hydrogen) atoms. The normalized spacial score (nSPS) is 15.5. The van der Waals surface area contributed by atoms with Crippen molar-refractivity contribution in [1.29, 1.82) is 0 Å². The van der Waals surface area contributed by atoms with Gasteiger partial charge in [-0.15, -0.1) is 0 Å². The predicted octanol–water partition coefficient (Wildman–Crippen LogP) is 3.92. The van der Waals surface area contributed by atoms with Crippen LogP contribution in [0.2, 0.25) is 10.0 Å². The lowest BCUT2D eigenvalue weighted by Crippen LogP contribution is -2.26. The first-order chi connectivity index (χ1) is 13.3. The molecule has 1 aliphatic carbocycles. The number of nitrogens with one attached hydrogen (secondary N) is 3. The van der Waals surface area contributed by atoms with E-state index < -0.39 is 0 Å². The lowest BCUT2D eigenvalue weighted by Gasteiger charge is -2.26. The fraction of sp³-hybridized carbons (Fsp3) is 0.368. The van der Waals surface area contributed by atoms with Crippen LogP contribution in [0.5, 0.6) is 0 Å². The van der Waals surface area contributed by atoms with Crippen molar-refractivity contribution in [3.63, 3.8) is 0 Å². The van der Waals surface area contributed by atoms with E-state index in [2.05, 4.69) is 25.9 Å². The largest absolute Gasteiger partial charge is 0.384 e. The quantitative estimate of drug-likeness (QED) is 0.679. The number of anilines is 3. The zero-order valence-corrected chi connectivity index (χ0v) is 17.1. The van der Waals surface area contributed by atoms with Crippen LogP contribution in [0, 0.1) is 5.92 Å². The number of halogens is 2. The van der Waals surface area contributed by atoms with E-state index in [4.69, 9.17) is 23.2 Å². The van der Waals surface area contributed by atoms with Crippen molar-refractivity contribution in [3.05, 3.63) is 39.5 Å². The second-order valence-corrected chi connectivity index (χ2v) is 7.64. The van der Waals surface area contributed by atoms with Crippen molar-refractivity contribution in [1.82, 2.24) is 9.97 Å². The van der Waals surface area contributed by atoms with Crippen LogP contribution in [0.3, 0.4) is 0 Å². The first-order valence-electron chi connectivity index (χ1n) is 8.95. The summed E-state index contributed by atoms with van der Waals surface area (Å²) in [5.41, 5.74) is 2.54. The molecule has 7 nitrogen and oxygen atoms in total. The molecule has 3 N–H and O–H groups in total. The molecule has 0 fully saturated rings. The van der Waals surface area contributed by atoms with E-state index in [1.165, 1.54) is 13.8 Å². The van der Waals surface area contributed by atoms with Crippen LogP contribution in [-0.2, 0) is 22.4 Å². The molecule has 2 aromatic rings. The molecule has 0 aliphatic heterocycles. The number of benzene rings is 1. The highest BCUT2D eigenvalue weighted by Gasteiger charge is 2.25. The number of fused-ring (bicyclic) bond motifs is 1. The molecule has 1 aromatic heterocycles. The van der Waals surface area contributed by atoms with Gasteiger partial charge in [0, 0.05) is 31.0 Å². The van der Waals surface area contributed by atoms with Gasteiger partial charge in [-0.05, 0) is 43.4 Å². The minimum Gasteiger partial charge on any atom is -0.384 e. The number of carbonyl (C=O) groups is 2. The van der Waals surface area contributed by atoms with E-state index in [1.807, 2.05) is 0 Å². The first kappa shape index (κ1) is 20.4. The van der Waals surface area contributed by atoms with E-state index in [9.17, 15) is 9.59 Å². The Morgan fingerprint density at radius 2 is 1.89 bits per heavy atom. The third-order valence-electron chi connectivity index (χ3n) is 4.47. The summed E-state index contributed by atoms with van der Waals surface area (Å²) in [7, 11) is 0. The fourth-order valence-electron chi connectivity index (χ4n) is 3.23. The van der Waals surface area contributed by atoms with Crippen molar-refractivity contribution in [2.45, 2.75) is 33.1 Å². The summed E-state index contributed by atoms with van der Waals surface area (Å²) >= 11 is 12.3. The summed E-state index contributed by atoms with van der Waals surface area (Å²) in [6.07, 6.45) is 2.34. The van der Waals surface area contributed by atoms with Gasteiger partial charge >= 0.3 is 0 Å². The Labute approximate surface area is 173 Å². The summed E-state index contributed by atoms with van der Waals surface area (Å²) in [5, 5.41) is 9.93. The van der Waals surface area contributed by atoms with Crippen molar-refractivity contribution in [2.24, 2.45) is 5.92 Å². The van der Waals surface area contributed by atoms with Crippen molar-refractivity contribution < 1.29 is 9.59 Å². The van der Waals surface area contributed by atoms with Crippen LogP contribution in [-0.4, -0.2) is 28.3 Å². The molecule has 0 saturated carbocycles. The Morgan fingerprint density at radius 3 is 2.61 bits per heavy atom. The number of aryl methyl sites for hydroxylation is 1. The van der Waals surface area contributed by atoms with Gasteiger partial charge in [-0.2, -0.15) is 4.98 Å². The number of amides is 2. The van der Waals surface area contributed by atoms with Gasteiger partial charge in [-0.1, -0.05) is 23.2 Å². The molecule has 9 heteroatoms. The van der Waals surface area contributed by atoms with Crippen molar-refractivity contribution in [2.75, 3.05) is 22.5 Å². The highest BCUT2D eigenvalue weighted by Crippen LogP contribution is 2.31. The lowest BCUT2D eigenvalue weighted by atomic mass is 9.86. The van der Waals surface area contributed by atoms with Gasteiger partial charge in [-0.25, -0.2) is 4.98 Å². The standard InChI is InChI=1S/C19H21Cl2N5O2/c1-10(27)23-18-14-7-12(9-22-17-8-13(20)4-5-15(17)21)3-6-16(14)25-19(26-18)24-11(2)28/h4-5,8,12,22H,3,6-7,9H2,1-2H3,(H2,23,24,25,26,27,28). The highest BCUT2D eigenvalue weighted by atomic mass is 35.5. The molecule has 1 heterocycles. The summed E-state index contributed by atoms with van der Waals surface area (Å²) in [6.45, 7) is 3.52. The van der Waals surface area contributed by atoms with Crippen LogP contribution in [0.4, 0.5) is 17.5 Å². The van der Waals surface area contributed by atoms with Gasteiger partial charge in [0.05, 0.1) is 16.4 Å². The minimum absolute atomic E-state index is 0.206. The number of hydrogen-bond acceptors (Lipinski definition) is 5. The molecule has 148 valence electrons. The maximum absolute atomic E-state index is 11.6. The van der Waals surface area contributed by atoms with Crippen LogP contribution >= 0.6 is 23.2 Å². The molecular formula is C19H21Cl2N5O2. The van der Waals surface area contributed by atoms with Gasteiger partial charge in [0.1, 0.15) is 5.82 Å². The van der Waals surface area contributed by atoms with E-state index in [-0.39, 0.29) is 17.8 Å². The summed E-state index contributed by atoms with van der Waals surface area (Å²) in [6, 6.07) is 5.30. The Bertz CT molecular complexity index is 919. The summed E-state index contributed by atoms with van der Waals surface area (Å²) < 4.78 is 0. The topological polar surface area (TPSA) is 96.0 Å². The number of hydrogen-bond donors (Lipinski definition) is 3. The van der Waals surface area contributed by atoms with Crippen molar-refractivity contribution in [3.8, 4) is 0 Å². The Hall–Kier alpha value is -2.38. The summed E-state index contributed by atoms with van der Waals surface area (Å²) in [5.74, 6) is 0.486. The third-order valence-corrected chi connectivity index (χ3v) is 5.03. The minimum atomic E-state index is -0.259. The molecule has 3 rings (SSSR count). The zero-order chi connectivity index (χ0) is 20.3. The second-order valence-electron chi connectivity index (χ2n) is 6.80. The van der Waals surface area contributed by atoms with E-state index >= 15 is 0 Å². The molecule has 0 spiro atoms. The molecular weight excluding hydrogens is 401 g/mol. The second kappa shape index (κ2) is 8.75. The predicted molar refractivity (Wildman–Crippen MR) is 111 cm³/mol. The molecule has 0 radical (unpaired) electrons. The van der Waals surface area contributed by atoms with Gasteiger partial charge < -0.3 is 10.6 Å².